The molecule has 0 saturated heterocycles. The fourth-order valence-corrected chi connectivity index (χ4v) is 1.94. The molecule has 0 spiro atoms. The highest BCUT2D eigenvalue weighted by atomic mass is 35.5. The molecule has 19 heavy (non-hydrogen) atoms. The maximum atomic E-state index is 8.68. The van der Waals surface area contributed by atoms with E-state index >= 15 is 0 Å². The summed E-state index contributed by atoms with van der Waals surface area (Å²) in [5.74, 6) is 1.76. The molecule has 2 N–H and O–H groups in total. The van der Waals surface area contributed by atoms with Crippen molar-refractivity contribution >= 4 is 11.6 Å². The van der Waals surface area contributed by atoms with Crippen LogP contribution in [0.1, 0.15) is 18.6 Å². The van der Waals surface area contributed by atoms with Gasteiger partial charge in [0.2, 0.25) is 0 Å². The van der Waals surface area contributed by atoms with Crippen molar-refractivity contribution in [3.05, 3.63) is 47.2 Å². The first-order chi connectivity index (χ1) is 9.29. The lowest BCUT2D eigenvalue weighted by Crippen LogP contribution is -2.14. The number of benzene rings is 1. The average Bonchev–Trinajstić information content (AvgIpc) is 2.88. The first-order valence-corrected chi connectivity index (χ1v) is 6.83. The molecule has 0 fully saturated rings. The van der Waals surface area contributed by atoms with Crippen LogP contribution in [0.25, 0.3) is 11.3 Å². The van der Waals surface area contributed by atoms with E-state index < -0.39 is 0 Å². The minimum absolute atomic E-state index is 0.253. The number of rotatable bonds is 7. The normalized spacial score (nSPS) is 10.8. The Hall–Kier alpha value is -1.29. The van der Waals surface area contributed by atoms with E-state index in [0.717, 1.165) is 41.5 Å². The second-order valence-electron chi connectivity index (χ2n) is 4.38. The maximum Gasteiger partial charge on any atom is 0.134 e. The molecule has 2 aromatic rings. The van der Waals surface area contributed by atoms with Crippen LogP contribution in [0.15, 0.2) is 40.8 Å². The van der Waals surface area contributed by atoms with Gasteiger partial charge in [0.05, 0.1) is 6.54 Å². The zero-order valence-electron chi connectivity index (χ0n) is 10.7. The molecule has 3 nitrogen and oxygen atoms in total. The Labute approximate surface area is 118 Å². The Morgan fingerprint density at radius 1 is 1.05 bits per heavy atom. The molecule has 2 rings (SSSR count). The lowest BCUT2D eigenvalue weighted by molar-refractivity contribution is 0.283. The molecule has 0 aliphatic carbocycles. The third kappa shape index (κ3) is 4.39. The van der Waals surface area contributed by atoms with Crippen molar-refractivity contribution in [2.24, 2.45) is 0 Å². The van der Waals surface area contributed by atoms with Gasteiger partial charge in [0, 0.05) is 17.2 Å². The van der Waals surface area contributed by atoms with Gasteiger partial charge in [0.1, 0.15) is 11.5 Å². The summed E-state index contributed by atoms with van der Waals surface area (Å²) < 4.78 is 5.76. The lowest BCUT2D eigenvalue weighted by Gasteiger charge is -2.01. The van der Waals surface area contributed by atoms with E-state index in [1.165, 1.54) is 0 Å². The summed E-state index contributed by atoms with van der Waals surface area (Å²) in [6, 6.07) is 11.5. The zero-order chi connectivity index (χ0) is 13.5. The Kier molecular flexibility index (Phi) is 5.45. The van der Waals surface area contributed by atoms with Gasteiger partial charge in [-0.1, -0.05) is 11.6 Å². The molecule has 0 aliphatic heterocycles. The molecule has 0 unspecified atom stereocenters. The predicted molar refractivity (Wildman–Crippen MR) is 77.2 cm³/mol. The van der Waals surface area contributed by atoms with Gasteiger partial charge in [0.15, 0.2) is 0 Å². The van der Waals surface area contributed by atoms with Crippen molar-refractivity contribution in [3.8, 4) is 11.3 Å². The Morgan fingerprint density at radius 2 is 1.84 bits per heavy atom. The summed E-state index contributed by atoms with van der Waals surface area (Å²) in [4.78, 5) is 0. The van der Waals surface area contributed by atoms with Gasteiger partial charge in [-0.25, -0.2) is 0 Å². The van der Waals surface area contributed by atoms with E-state index in [4.69, 9.17) is 21.1 Å². The van der Waals surface area contributed by atoms with Crippen LogP contribution in [0.3, 0.4) is 0 Å². The summed E-state index contributed by atoms with van der Waals surface area (Å²) >= 11 is 5.86. The molecule has 0 aliphatic rings. The molecular weight excluding hydrogens is 262 g/mol. The smallest absolute Gasteiger partial charge is 0.134 e. The lowest BCUT2D eigenvalue weighted by atomic mass is 10.2. The molecule has 0 radical (unpaired) electrons. The van der Waals surface area contributed by atoms with E-state index in [0.29, 0.717) is 6.54 Å². The van der Waals surface area contributed by atoms with E-state index in [9.17, 15) is 0 Å². The standard InChI is InChI=1S/C15H18ClNO2/c16-13-5-3-12(4-6-13)15-8-7-14(19-15)11-17-9-1-2-10-18/h3-8,17-18H,1-2,9-11H2. The summed E-state index contributed by atoms with van der Waals surface area (Å²) in [6.07, 6.45) is 1.81. The maximum absolute atomic E-state index is 8.68. The summed E-state index contributed by atoms with van der Waals surface area (Å²) in [5.41, 5.74) is 1.02. The van der Waals surface area contributed by atoms with Crippen LogP contribution in [0.5, 0.6) is 0 Å². The van der Waals surface area contributed by atoms with Crippen LogP contribution in [-0.4, -0.2) is 18.3 Å². The summed E-state index contributed by atoms with van der Waals surface area (Å²) in [6.45, 7) is 1.85. The Bertz CT molecular complexity index is 493. The van der Waals surface area contributed by atoms with Crippen molar-refractivity contribution in [2.75, 3.05) is 13.2 Å². The average molecular weight is 280 g/mol. The number of aliphatic hydroxyl groups excluding tert-OH is 1. The molecule has 0 amide bonds. The molecule has 0 bridgehead atoms. The SMILES string of the molecule is OCCCCNCc1ccc(-c2ccc(Cl)cc2)o1. The Balaban J connectivity index is 1.86. The minimum Gasteiger partial charge on any atom is -0.460 e. The summed E-state index contributed by atoms with van der Waals surface area (Å²) in [7, 11) is 0. The van der Waals surface area contributed by atoms with Gasteiger partial charge >= 0.3 is 0 Å². The number of halogens is 1. The Morgan fingerprint density at radius 3 is 2.58 bits per heavy atom. The number of furan rings is 1. The molecular formula is C15H18ClNO2. The van der Waals surface area contributed by atoms with E-state index in [-0.39, 0.29) is 6.61 Å². The van der Waals surface area contributed by atoms with Gasteiger partial charge in [-0.05, 0) is 55.8 Å². The number of aliphatic hydroxyl groups is 1. The van der Waals surface area contributed by atoms with Gasteiger partial charge in [-0.2, -0.15) is 0 Å². The van der Waals surface area contributed by atoms with Crippen LogP contribution < -0.4 is 5.32 Å². The van der Waals surface area contributed by atoms with Crippen molar-refractivity contribution in [2.45, 2.75) is 19.4 Å². The third-order valence-electron chi connectivity index (χ3n) is 2.85. The monoisotopic (exact) mass is 279 g/mol. The molecule has 102 valence electrons. The van der Waals surface area contributed by atoms with Crippen LogP contribution in [0.2, 0.25) is 5.02 Å². The van der Waals surface area contributed by atoms with Gasteiger partial charge in [0.25, 0.3) is 0 Å². The van der Waals surface area contributed by atoms with Crippen LogP contribution >= 0.6 is 11.6 Å². The quantitative estimate of drug-likeness (QED) is 0.763. The van der Waals surface area contributed by atoms with Crippen molar-refractivity contribution in [1.29, 1.82) is 0 Å². The van der Waals surface area contributed by atoms with Gasteiger partial charge < -0.3 is 14.8 Å². The van der Waals surface area contributed by atoms with Crippen LogP contribution in [-0.2, 0) is 6.54 Å². The number of hydrogen-bond donors (Lipinski definition) is 2. The van der Waals surface area contributed by atoms with Gasteiger partial charge in [-0.15, -0.1) is 0 Å². The van der Waals surface area contributed by atoms with E-state index in [1.54, 1.807) is 0 Å². The fourth-order valence-electron chi connectivity index (χ4n) is 1.82. The zero-order valence-corrected chi connectivity index (χ0v) is 11.5. The third-order valence-corrected chi connectivity index (χ3v) is 3.10. The molecule has 1 heterocycles. The second kappa shape index (κ2) is 7.34. The highest BCUT2D eigenvalue weighted by Gasteiger charge is 2.04. The molecule has 1 aromatic heterocycles. The molecule has 1 aromatic carbocycles. The molecule has 4 heteroatoms. The predicted octanol–water partition coefficient (Wildman–Crippen LogP) is 3.46. The number of nitrogens with one attached hydrogen (secondary N) is 1. The first-order valence-electron chi connectivity index (χ1n) is 6.46. The topological polar surface area (TPSA) is 45.4 Å². The summed E-state index contributed by atoms with van der Waals surface area (Å²) in [5, 5.41) is 12.7. The molecule has 0 atom stereocenters. The highest BCUT2D eigenvalue weighted by Crippen LogP contribution is 2.23. The van der Waals surface area contributed by atoms with Crippen molar-refractivity contribution in [1.82, 2.24) is 5.32 Å². The van der Waals surface area contributed by atoms with E-state index in [2.05, 4.69) is 5.32 Å². The van der Waals surface area contributed by atoms with Gasteiger partial charge in [-0.3, -0.25) is 0 Å². The number of hydrogen-bond acceptors (Lipinski definition) is 3. The van der Waals surface area contributed by atoms with Crippen molar-refractivity contribution < 1.29 is 9.52 Å². The van der Waals surface area contributed by atoms with Crippen LogP contribution in [0.4, 0.5) is 0 Å². The van der Waals surface area contributed by atoms with Crippen LogP contribution in [0, 0.1) is 0 Å². The van der Waals surface area contributed by atoms with Crippen molar-refractivity contribution in [3.63, 3.8) is 0 Å². The molecule has 0 saturated carbocycles. The highest BCUT2D eigenvalue weighted by molar-refractivity contribution is 6.30. The second-order valence-corrected chi connectivity index (χ2v) is 4.82. The van der Waals surface area contributed by atoms with E-state index in [1.807, 2.05) is 36.4 Å². The first kappa shape index (κ1) is 14.1. The minimum atomic E-state index is 0.253. The fraction of sp³-hybridized carbons (Fsp3) is 0.333. The largest absolute Gasteiger partial charge is 0.460 e. The number of unbranched alkanes of at least 4 members (excludes halogenated alkanes) is 1.